The van der Waals surface area contributed by atoms with Gasteiger partial charge in [-0.15, -0.1) is 0 Å². The Kier molecular flexibility index (Phi) is 10.8. The maximum atomic E-state index is 9.40. The van der Waals surface area contributed by atoms with E-state index in [2.05, 4.69) is 52.8 Å². The third kappa shape index (κ3) is 8.35. The molecular formula is C25H42N4O3. The van der Waals surface area contributed by atoms with Crippen molar-refractivity contribution in [2.75, 3.05) is 59.2 Å². The summed E-state index contributed by atoms with van der Waals surface area (Å²) in [6, 6.07) is 10.7. The molecule has 2 fully saturated rings. The van der Waals surface area contributed by atoms with Crippen LogP contribution in [0.3, 0.4) is 0 Å². The van der Waals surface area contributed by atoms with Crippen LogP contribution < -0.4 is 10.6 Å². The van der Waals surface area contributed by atoms with Crippen LogP contribution in [0.1, 0.15) is 44.6 Å². The summed E-state index contributed by atoms with van der Waals surface area (Å²) in [4.78, 5) is 7.30. The van der Waals surface area contributed by atoms with Gasteiger partial charge in [-0.2, -0.15) is 0 Å². The van der Waals surface area contributed by atoms with Crippen molar-refractivity contribution in [2.45, 2.75) is 51.7 Å². The maximum Gasteiger partial charge on any atom is 0.191 e. The van der Waals surface area contributed by atoms with Crippen molar-refractivity contribution in [1.29, 1.82) is 0 Å². The van der Waals surface area contributed by atoms with E-state index < -0.39 is 0 Å². The molecule has 2 saturated heterocycles. The lowest BCUT2D eigenvalue weighted by molar-refractivity contribution is 0.00534. The van der Waals surface area contributed by atoms with E-state index in [9.17, 15) is 5.11 Å². The first-order valence-corrected chi connectivity index (χ1v) is 12.3. The predicted octanol–water partition coefficient (Wildman–Crippen LogP) is 2.40. The zero-order chi connectivity index (χ0) is 22.5. The SMILES string of the molecule is CCNC(=NCC1(CCO)CCOC1)NCCCOC1CCN(Cc2ccccc2)CC1. The smallest absolute Gasteiger partial charge is 0.191 e. The number of hydrogen-bond donors (Lipinski definition) is 3. The zero-order valence-electron chi connectivity index (χ0n) is 19.7. The number of hydrogen-bond acceptors (Lipinski definition) is 5. The highest BCUT2D eigenvalue weighted by Crippen LogP contribution is 2.32. The Morgan fingerprint density at radius 3 is 2.75 bits per heavy atom. The number of aliphatic hydroxyl groups excluding tert-OH is 1. The van der Waals surface area contributed by atoms with Gasteiger partial charge >= 0.3 is 0 Å². The lowest BCUT2D eigenvalue weighted by Crippen LogP contribution is -2.40. The molecule has 1 aromatic rings. The van der Waals surface area contributed by atoms with Crippen LogP contribution in [0.25, 0.3) is 0 Å². The summed E-state index contributed by atoms with van der Waals surface area (Å²) in [7, 11) is 0. The van der Waals surface area contributed by atoms with Gasteiger partial charge in [0, 0.05) is 58.0 Å². The molecule has 0 aliphatic carbocycles. The quantitative estimate of drug-likeness (QED) is 0.260. The standard InChI is InChI=1S/C25H42N4O3/c1-2-26-24(28-20-25(11-16-30)12-18-31-21-25)27-13-6-17-32-23-9-14-29(15-10-23)19-22-7-4-3-5-8-22/h3-5,7-8,23,30H,2,6,9-21H2,1H3,(H2,26,27,28). The molecule has 7 nitrogen and oxygen atoms in total. The predicted molar refractivity (Wildman–Crippen MR) is 129 cm³/mol. The molecule has 0 aromatic heterocycles. The van der Waals surface area contributed by atoms with Crippen molar-refractivity contribution in [1.82, 2.24) is 15.5 Å². The van der Waals surface area contributed by atoms with E-state index in [0.717, 1.165) is 84.0 Å². The minimum Gasteiger partial charge on any atom is -0.396 e. The molecule has 2 heterocycles. The minimum absolute atomic E-state index is 0.0183. The first-order valence-electron chi connectivity index (χ1n) is 12.3. The largest absolute Gasteiger partial charge is 0.396 e. The van der Waals surface area contributed by atoms with E-state index in [1.807, 2.05) is 0 Å². The number of aliphatic hydroxyl groups is 1. The van der Waals surface area contributed by atoms with Crippen LogP contribution >= 0.6 is 0 Å². The molecule has 0 bridgehead atoms. The van der Waals surface area contributed by atoms with Crippen LogP contribution in [0, 0.1) is 5.41 Å². The van der Waals surface area contributed by atoms with Crippen molar-refractivity contribution in [2.24, 2.45) is 10.4 Å². The Bertz CT molecular complexity index is 656. The summed E-state index contributed by atoms with van der Waals surface area (Å²) in [5.74, 6) is 0.839. The van der Waals surface area contributed by atoms with Gasteiger partial charge in [0.2, 0.25) is 0 Å². The van der Waals surface area contributed by atoms with Crippen LogP contribution in [0.2, 0.25) is 0 Å². The molecule has 1 unspecified atom stereocenters. The van der Waals surface area contributed by atoms with Gasteiger partial charge in [-0.3, -0.25) is 9.89 Å². The van der Waals surface area contributed by atoms with Gasteiger partial charge in [-0.25, -0.2) is 0 Å². The molecule has 3 rings (SSSR count). The van der Waals surface area contributed by atoms with E-state index >= 15 is 0 Å². The molecule has 32 heavy (non-hydrogen) atoms. The minimum atomic E-state index is -0.0183. The molecule has 180 valence electrons. The number of aliphatic imine (C=N–C) groups is 1. The third-order valence-corrected chi connectivity index (χ3v) is 6.49. The van der Waals surface area contributed by atoms with Crippen molar-refractivity contribution in [3.05, 3.63) is 35.9 Å². The fourth-order valence-corrected chi connectivity index (χ4v) is 4.48. The van der Waals surface area contributed by atoms with E-state index in [1.165, 1.54) is 5.56 Å². The Balaban J connectivity index is 1.30. The fraction of sp³-hybridized carbons (Fsp3) is 0.720. The summed E-state index contributed by atoms with van der Waals surface area (Å²) >= 11 is 0. The average molecular weight is 447 g/mol. The number of piperidine rings is 1. The number of guanidine groups is 1. The van der Waals surface area contributed by atoms with E-state index in [-0.39, 0.29) is 12.0 Å². The number of nitrogens with one attached hydrogen (secondary N) is 2. The van der Waals surface area contributed by atoms with Crippen molar-refractivity contribution < 1.29 is 14.6 Å². The van der Waals surface area contributed by atoms with Gasteiger partial charge in [0.15, 0.2) is 5.96 Å². The summed E-state index contributed by atoms with van der Waals surface area (Å²) in [5, 5.41) is 16.1. The van der Waals surface area contributed by atoms with Gasteiger partial charge in [0.1, 0.15) is 0 Å². The van der Waals surface area contributed by atoms with E-state index in [0.29, 0.717) is 19.3 Å². The molecule has 1 aromatic carbocycles. The normalized spacial score (nSPS) is 22.9. The van der Waals surface area contributed by atoms with E-state index in [1.54, 1.807) is 0 Å². The fourth-order valence-electron chi connectivity index (χ4n) is 4.48. The lowest BCUT2D eigenvalue weighted by Gasteiger charge is -2.32. The molecule has 2 aliphatic rings. The summed E-state index contributed by atoms with van der Waals surface area (Å²) in [6.07, 6.45) is 5.27. The summed E-state index contributed by atoms with van der Waals surface area (Å²) in [6.45, 7) is 10.1. The third-order valence-electron chi connectivity index (χ3n) is 6.49. The topological polar surface area (TPSA) is 78.4 Å². The molecule has 3 N–H and O–H groups in total. The first kappa shape index (κ1) is 25.0. The highest BCUT2D eigenvalue weighted by atomic mass is 16.5. The summed E-state index contributed by atoms with van der Waals surface area (Å²) in [5.41, 5.74) is 1.37. The van der Waals surface area contributed by atoms with Crippen LogP contribution in [0.15, 0.2) is 35.3 Å². The molecule has 0 radical (unpaired) electrons. The van der Waals surface area contributed by atoms with Gasteiger partial charge < -0.3 is 25.2 Å². The monoisotopic (exact) mass is 446 g/mol. The number of rotatable bonds is 12. The Morgan fingerprint density at radius 2 is 2.06 bits per heavy atom. The van der Waals surface area contributed by atoms with Gasteiger partial charge in [-0.05, 0) is 44.6 Å². The number of benzene rings is 1. The highest BCUT2D eigenvalue weighted by Gasteiger charge is 2.34. The second-order valence-corrected chi connectivity index (χ2v) is 9.08. The average Bonchev–Trinajstić information content (AvgIpc) is 3.28. The van der Waals surface area contributed by atoms with Crippen molar-refractivity contribution in [3.8, 4) is 0 Å². The van der Waals surface area contributed by atoms with Gasteiger partial charge in [-0.1, -0.05) is 30.3 Å². The molecule has 0 spiro atoms. The second-order valence-electron chi connectivity index (χ2n) is 9.08. The molecule has 2 aliphatic heterocycles. The molecule has 1 atom stereocenters. The maximum absolute atomic E-state index is 9.40. The zero-order valence-corrected chi connectivity index (χ0v) is 19.7. The van der Waals surface area contributed by atoms with Crippen LogP contribution in [0.5, 0.6) is 0 Å². The molecule has 0 amide bonds. The summed E-state index contributed by atoms with van der Waals surface area (Å²) < 4.78 is 11.7. The molecular weight excluding hydrogens is 404 g/mol. The molecule has 0 saturated carbocycles. The molecule has 7 heteroatoms. The Morgan fingerprint density at radius 1 is 1.25 bits per heavy atom. The van der Waals surface area contributed by atoms with Gasteiger partial charge in [0.05, 0.1) is 19.3 Å². The van der Waals surface area contributed by atoms with Crippen LogP contribution in [-0.4, -0.2) is 81.2 Å². The van der Waals surface area contributed by atoms with Crippen LogP contribution in [0.4, 0.5) is 0 Å². The number of ether oxygens (including phenoxy) is 2. The lowest BCUT2D eigenvalue weighted by atomic mass is 9.84. The Hall–Kier alpha value is -1.67. The van der Waals surface area contributed by atoms with E-state index in [4.69, 9.17) is 14.5 Å². The van der Waals surface area contributed by atoms with Crippen molar-refractivity contribution >= 4 is 5.96 Å². The van der Waals surface area contributed by atoms with Crippen molar-refractivity contribution in [3.63, 3.8) is 0 Å². The number of likely N-dealkylation sites (tertiary alicyclic amines) is 1. The number of nitrogens with zero attached hydrogens (tertiary/aromatic N) is 2. The first-order chi connectivity index (χ1) is 15.7. The Labute approximate surface area is 193 Å². The van der Waals surface area contributed by atoms with Crippen LogP contribution in [-0.2, 0) is 16.0 Å². The van der Waals surface area contributed by atoms with Gasteiger partial charge in [0.25, 0.3) is 0 Å². The second kappa shape index (κ2) is 13.8. The highest BCUT2D eigenvalue weighted by molar-refractivity contribution is 5.79.